The average molecular weight is 362 g/mol. The van der Waals surface area contributed by atoms with Gasteiger partial charge in [-0.2, -0.15) is 5.10 Å². The number of amides is 1. The van der Waals surface area contributed by atoms with Crippen LogP contribution >= 0.6 is 0 Å². The molecule has 1 aromatic heterocycles. The van der Waals surface area contributed by atoms with Gasteiger partial charge in [-0.25, -0.2) is 4.68 Å². The molecule has 1 unspecified atom stereocenters. The lowest BCUT2D eigenvalue weighted by Gasteiger charge is -2.29. The van der Waals surface area contributed by atoms with Crippen molar-refractivity contribution in [3.8, 4) is 5.69 Å². The van der Waals surface area contributed by atoms with Crippen LogP contribution in [0.3, 0.4) is 0 Å². The van der Waals surface area contributed by atoms with E-state index in [9.17, 15) is 4.79 Å². The van der Waals surface area contributed by atoms with Crippen LogP contribution in [0.2, 0.25) is 0 Å². The molecule has 1 amide bonds. The molecular weight excluding hydrogens is 336 g/mol. The van der Waals surface area contributed by atoms with Crippen molar-refractivity contribution in [2.45, 2.75) is 26.4 Å². The molecule has 3 aromatic rings. The summed E-state index contributed by atoms with van der Waals surface area (Å²) >= 11 is 0. The predicted octanol–water partition coefficient (Wildman–Crippen LogP) is 3.57. The fourth-order valence-corrected chi connectivity index (χ4v) is 3.23. The summed E-state index contributed by atoms with van der Waals surface area (Å²) in [5, 5.41) is 7.32. The molecular formula is C22H26N4O. The molecule has 5 nitrogen and oxygen atoms in total. The first-order chi connectivity index (χ1) is 13.2. The van der Waals surface area contributed by atoms with Crippen LogP contribution in [0.4, 0.5) is 0 Å². The first kappa shape index (κ1) is 18.9. The van der Waals surface area contributed by atoms with Crippen LogP contribution in [0.25, 0.3) is 5.69 Å². The number of likely N-dealkylation sites (N-methyl/N-ethyl adjacent to an activating group) is 1. The molecule has 0 radical (unpaired) electrons. The van der Waals surface area contributed by atoms with Crippen LogP contribution in [0.15, 0.2) is 73.1 Å². The molecule has 0 bridgehead atoms. The summed E-state index contributed by atoms with van der Waals surface area (Å²) in [5.41, 5.74) is 3.08. The number of nitrogens with one attached hydrogen (secondary N) is 1. The number of rotatable bonds is 8. The van der Waals surface area contributed by atoms with Crippen molar-refractivity contribution in [2.24, 2.45) is 0 Å². The Kier molecular flexibility index (Phi) is 6.39. The molecule has 27 heavy (non-hydrogen) atoms. The number of carbonyl (C=O) groups excluding carboxylic acids is 1. The van der Waals surface area contributed by atoms with Gasteiger partial charge in [0.25, 0.3) is 0 Å². The first-order valence-corrected chi connectivity index (χ1v) is 9.38. The van der Waals surface area contributed by atoms with Gasteiger partial charge in [0.1, 0.15) is 6.04 Å². The van der Waals surface area contributed by atoms with Crippen molar-refractivity contribution in [3.05, 3.63) is 84.2 Å². The summed E-state index contributed by atoms with van der Waals surface area (Å²) in [6.07, 6.45) is 3.66. The van der Waals surface area contributed by atoms with Crippen molar-refractivity contribution in [3.63, 3.8) is 0 Å². The molecule has 0 spiro atoms. The molecule has 1 atom stereocenters. The molecule has 0 saturated carbocycles. The molecule has 140 valence electrons. The van der Waals surface area contributed by atoms with Crippen molar-refractivity contribution in [1.29, 1.82) is 0 Å². The van der Waals surface area contributed by atoms with Gasteiger partial charge in [0.05, 0.1) is 5.69 Å². The van der Waals surface area contributed by atoms with Crippen LogP contribution in [0, 0.1) is 0 Å². The molecule has 2 aromatic carbocycles. The Morgan fingerprint density at radius 1 is 1.04 bits per heavy atom. The van der Waals surface area contributed by atoms with Crippen LogP contribution in [-0.4, -0.2) is 33.7 Å². The Hall–Kier alpha value is -2.92. The minimum absolute atomic E-state index is 0.0288. The highest BCUT2D eigenvalue weighted by Gasteiger charge is 2.25. The lowest BCUT2D eigenvalue weighted by Crippen LogP contribution is -2.40. The van der Waals surface area contributed by atoms with Crippen molar-refractivity contribution < 1.29 is 4.79 Å². The van der Waals surface area contributed by atoms with Crippen LogP contribution in [0.5, 0.6) is 0 Å². The third kappa shape index (κ3) is 4.63. The number of benzene rings is 2. The summed E-state index contributed by atoms with van der Waals surface area (Å²) in [4.78, 5) is 15.1. The van der Waals surface area contributed by atoms with Gasteiger partial charge in [-0.1, -0.05) is 56.3 Å². The van der Waals surface area contributed by atoms with E-state index in [0.717, 1.165) is 29.9 Å². The summed E-state index contributed by atoms with van der Waals surface area (Å²) in [6, 6.07) is 19.6. The molecule has 0 aliphatic carbocycles. The van der Waals surface area contributed by atoms with Gasteiger partial charge in [-0.05, 0) is 42.4 Å². The maximum Gasteiger partial charge on any atom is 0.242 e. The quantitative estimate of drug-likeness (QED) is 0.666. The maximum absolute atomic E-state index is 13.0. The fourth-order valence-electron chi connectivity index (χ4n) is 3.23. The lowest BCUT2D eigenvalue weighted by molar-refractivity contribution is -0.126. The molecule has 1 N–H and O–H groups in total. The zero-order chi connectivity index (χ0) is 19.1. The van der Waals surface area contributed by atoms with Gasteiger partial charge < -0.3 is 5.32 Å². The Morgan fingerprint density at radius 2 is 1.74 bits per heavy atom. The van der Waals surface area contributed by atoms with Crippen LogP contribution in [0.1, 0.15) is 31.0 Å². The molecule has 0 aliphatic heterocycles. The number of hydrogen-bond acceptors (Lipinski definition) is 3. The number of hydrogen-bond donors (Lipinski definition) is 1. The monoisotopic (exact) mass is 362 g/mol. The van der Waals surface area contributed by atoms with Gasteiger partial charge in [0.2, 0.25) is 5.91 Å². The second-order valence-electron chi connectivity index (χ2n) is 6.37. The van der Waals surface area contributed by atoms with E-state index in [1.54, 1.807) is 6.20 Å². The summed E-state index contributed by atoms with van der Waals surface area (Å²) < 4.78 is 1.81. The minimum Gasteiger partial charge on any atom is -0.350 e. The van der Waals surface area contributed by atoms with E-state index in [4.69, 9.17) is 0 Å². The zero-order valence-electron chi connectivity index (χ0n) is 15.9. The second-order valence-corrected chi connectivity index (χ2v) is 6.37. The summed E-state index contributed by atoms with van der Waals surface area (Å²) in [5.74, 6) is 0.0288. The highest BCUT2D eigenvalue weighted by atomic mass is 16.2. The van der Waals surface area contributed by atoms with E-state index in [1.807, 2.05) is 71.5 Å². The summed E-state index contributed by atoms with van der Waals surface area (Å²) in [6.45, 7) is 6.31. The molecule has 3 rings (SSSR count). The fraction of sp³-hybridized carbons (Fsp3) is 0.273. The second kappa shape index (κ2) is 9.14. The van der Waals surface area contributed by atoms with Gasteiger partial charge >= 0.3 is 0 Å². The normalized spacial score (nSPS) is 12.1. The lowest BCUT2D eigenvalue weighted by atomic mass is 10.0. The third-order valence-electron chi connectivity index (χ3n) is 4.71. The van der Waals surface area contributed by atoms with Gasteiger partial charge in [0.15, 0.2) is 0 Å². The van der Waals surface area contributed by atoms with E-state index in [1.165, 1.54) is 0 Å². The molecule has 0 fully saturated rings. The highest BCUT2D eigenvalue weighted by Crippen LogP contribution is 2.21. The van der Waals surface area contributed by atoms with E-state index < -0.39 is 0 Å². The number of nitrogens with zero attached hydrogens (tertiary/aromatic N) is 3. The van der Waals surface area contributed by atoms with Crippen molar-refractivity contribution in [1.82, 2.24) is 20.0 Å². The maximum atomic E-state index is 13.0. The SMILES string of the molecule is CCN(CC)C(C(=O)NCc1ccc(-n2cccn2)cc1)c1ccccc1. The standard InChI is InChI=1S/C22H26N4O/c1-3-25(4-2)21(19-9-6-5-7-10-19)22(27)23-17-18-11-13-20(14-12-18)26-16-8-15-24-26/h5-16,21H,3-4,17H2,1-2H3,(H,23,27). The van der Waals surface area contributed by atoms with Gasteiger partial charge in [0, 0.05) is 18.9 Å². The Morgan fingerprint density at radius 3 is 2.33 bits per heavy atom. The molecule has 1 heterocycles. The van der Waals surface area contributed by atoms with E-state index >= 15 is 0 Å². The molecule has 5 heteroatoms. The number of carbonyl (C=O) groups is 1. The smallest absolute Gasteiger partial charge is 0.242 e. The van der Waals surface area contributed by atoms with Gasteiger partial charge in [-0.3, -0.25) is 9.69 Å². The van der Waals surface area contributed by atoms with E-state index in [2.05, 4.69) is 29.2 Å². The Labute approximate surface area is 160 Å². The van der Waals surface area contributed by atoms with Crippen LogP contribution < -0.4 is 5.32 Å². The first-order valence-electron chi connectivity index (χ1n) is 9.38. The average Bonchev–Trinajstić information content (AvgIpc) is 3.26. The topological polar surface area (TPSA) is 50.2 Å². The van der Waals surface area contributed by atoms with Crippen LogP contribution in [-0.2, 0) is 11.3 Å². The molecule has 0 aliphatic rings. The van der Waals surface area contributed by atoms with Crippen molar-refractivity contribution in [2.75, 3.05) is 13.1 Å². The number of aromatic nitrogens is 2. The largest absolute Gasteiger partial charge is 0.350 e. The zero-order valence-corrected chi connectivity index (χ0v) is 15.9. The third-order valence-corrected chi connectivity index (χ3v) is 4.71. The van der Waals surface area contributed by atoms with Gasteiger partial charge in [-0.15, -0.1) is 0 Å². The van der Waals surface area contributed by atoms with E-state index in [-0.39, 0.29) is 11.9 Å². The molecule has 0 saturated heterocycles. The Balaban J connectivity index is 1.68. The highest BCUT2D eigenvalue weighted by molar-refractivity contribution is 5.83. The Bertz CT molecular complexity index is 825. The van der Waals surface area contributed by atoms with E-state index in [0.29, 0.717) is 6.54 Å². The van der Waals surface area contributed by atoms with Crippen molar-refractivity contribution >= 4 is 5.91 Å². The summed E-state index contributed by atoms with van der Waals surface area (Å²) in [7, 11) is 0. The predicted molar refractivity (Wildman–Crippen MR) is 108 cm³/mol. The minimum atomic E-state index is -0.274.